The van der Waals surface area contributed by atoms with E-state index < -0.39 is 39.8 Å². The van der Waals surface area contributed by atoms with E-state index in [4.69, 9.17) is 40.0 Å². The predicted molar refractivity (Wildman–Crippen MR) is 143 cm³/mol. The molecular weight excluding hydrogens is 562 g/mol. The Morgan fingerprint density at radius 2 is 1.50 bits per heavy atom. The second-order valence-corrected chi connectivity index (χ2v) is 11.8. The molecule has 1 aliphatic carbocycles. The highest BCUT2D eigenvalue weighted by atomic mass is 35.5. The Bertz CT molecular complexity index is 1570. The lowest BCUT2D eigenvalue weighted by Gasteiger charge is -2.39. The molecule has 2 aliphatic heterocycles. The minimum atomic E-state index is -4.01. The maximum absolute atomic E-state index is 13.5. The zero-order valence-electron chi connectivity index (χ0n) is 21.8. The van der Waals surface area contributed by atoms with Crippen molar-refractivity contribution >= 4 is 27.6 Å². The molecule has 0 saturated carbocycles. The second-order valence-electron chi connectivity index (χ2n) is 9.64. The highest BCUT2D eigenvalue weighted by molar-refractivity contribution is 7.89. The van der Waals surface area contributed by atoms with E-state index in [-0.39, 0.29) is 18.3 Å². The minimum absolute atomic E-state index is 0.0309. The molecule has 0 spiro atoms. The van der Waals surface area contributed by atoms with Crippen LogP contribution in [0.2, 0.25) is 5.02 Å². The number of ether oxygens (including phenoxy) is 6. The van der Waals surface area contributed by atoms with E-state index in [0.29, 0.717) is 50.5 Å². The molecule has 210 valence electrons. The van der Waals surface area contributed by atoms with E-state index in [1.807, 2.05) is 0 Å². The summed E-state index contributed by atoms with van der Waals surface area (Å²) in [5.41, 5.74) is 2.06. The van der Waals surface area contributed by atoms with Gasteiger partial charge in [0.15, 0.2) is 23.0 Å². The number of hydrogen-bond donors (Lipinski definition) is 1. The first-order chi connectivity index (χ1) is 19.2. The molecule has 4 atom stereocenters. The second kappa shape index (κ2) is 10.1. The summed E-state index contributed by atoms with van der Waals surface area (Å²) in [5, 5.41) is 0.415. The van der Waals surface area contributed by atoms with E-state index in [0.717, 1.165) is 0 Å². The molecule has 0 bridgehead atoms. The van der Waals surface area contributed by atoms with Gasteiger partial charge in [-0.1, -0.05) is 11.6 Å². The van der Waals surface area contributed by atoms with E-state index >= 15 is 0 Å². The van der Waals surface area contributed by atoms with Gasteiger partial charge in [-0.15, -0.1) is 0 Å². The van der Waals surface area contributed by atoms with Crippen LogP contribution in [-0.4, -0.2) is 49.1 Å². The molecule has 1 saturated heterocycles. The van der Waals surface area contributed by atoms with Gasteiger partial charge in [0.1, 0.15) is 0 Å². The Morgan fingerprint density at radius 1 is 0.875 bits per heavy atom. The molecule has 10 nitrogen and oxygen atoms in total. The highest BCUT2D eigenvalue weighted by Crippen LogP contribution is 2.55. The van der Waals surface area contributed by atoms with Gasteiger partial charge in [0.25, 0.3) is 0 Å². The van der Waals surface area contributed by atoms with Crippen molar-refractivity contribution in [1.82, 2.24) is 4.72 Å². The number of carbonyl (C=O) groups excluding carboxylic acids is 1. The van der Waals surface area contributed by atoms with Crippen molar-refractivity contribution in [2.45, 2.75) is 16.9 Å². The fraction of sp³-hybridized carbons (Fsp3) is 0.321. The number of hydrogen-bond acceptors (Lipinski definition) is 9. The monoisotopic (exact) mass is 587 g/mol. The van der Waals surface area contributed by atoms with Crippen LogP contribution in [0.25, 0.3) is 0 Å². The predicted octanol–water partition coefficient (Wildman–Crippen LogP) is 4.05. The van der Waals surface area contributed by atoms with E-state index in [1.165, 1.54) is 45.6 Å². The topological polar surface area (TPSA) is 119 Å². The number of cyclic esters (lactones) is 1. The lowest BCUT2D eigenvalue weighted by Crippen LogP contribution is -2.42. The number of nitrogens with one attached hydrogen (secondary N) is 1. The Kier molecular flexibility index (Phi) is 6.68. The zero-order valence-corrected chi connectivity index (χ0v) is 23.4. The lowest BCUT2D eigenvalue weighted by atomic mass is 9.65. The molecule has 3 aliphatic rings. The molecule has 3 aromatic rings. The standard InChI is InChI=1S/C28H26ClNO9S/c1-34-22-8-14(9-23(35-2)27(22)36-3)24-17-10-20-21(39-13-38-20)11-18(17)26(19-12-37-28(31)25(19)24)30-40(32,33)16-6-4-15(29)5-7-16/h4-11,19,24-26,30H,12-13H2,1-3H3/t19-,24+,25-,26+/m0/s1. The summed E-state index contributed by atoms with van der Waals surface area (Å²) in [6.07, 6.45) is 0. The molecule has 12 heteroatoms. The molecule has 0 aromatic heterocycles. The average Bonchev–Trinajstić information content (AvgIpc) is 3.57. The van der Waals surface area contributed by atoms with Crippen LogP contribution in [0.1, 0.15) is 28.7 Å². The van der Waals surface area contributed by atoms with Gasteiger partial charge in [-0.3, -0.25) is 4.79 Å². The fourth-order valence-electron chi connectivity index (χ4n) is 5.84. The molecule has 1 N–H and O–H groups in total. The van der Waals surface area contributed by atoms with Crippen LogP contribution in [0.4, 0.5) is 0 Å². The van der Waals surface area contributed by atoms with Gasteiger partial charge >= 0.3 is 5.97 Å². The van der Waals surface area contributed by atoms with Crippen molar-refractivity contribution in [3.63, 3.8) is 0 Å². The third-order valence-electron chi connectivity index (χ3n) is 7.64. The molecule has 3 aromatic carbocycles. The van der Waals surface area contributed by atoms with Crippen molar-refractivity contribution in [2.24, 2.45) is 11.8 Å². The molecule has 1 fully saturated rings. The van der Waals surface area contributed by atoms with Gasteiger partial charge in [0.2, 0.25) is 22.6 Å². The SMILES string of the molecule is COc1cc([C@@H]2c3cc4c(cc3[C@@H](NS(=O)(=O)c3ccc(Cl)cc3)[C@H]3COC(=O)[C@H]23)OCO4)cc(OC)c1OC. The third-order valence-corrected chi connectivity index (χ3v) is 9.35. The van der Waals surface area contributed by atoms with Crippen molar-refractivity contribution in [1.29, 1.82) is 0 Å². The summed E-state index contributed by atoms with van der Waals surface area (Å²) in [6.45, 7) is 0.0647. The fourth-order valence-corrected chi connectivity index (χ4v) is 7.24. The van der Waals surface area contributed by atoms with Crippen LogP contribution < -0.4 is 28.4 Å². The number of carbonyl (C=O) groups is 1. The largest absolute Gasteiger partial charge is 0.493 e. The van der Waals surface area contributed by atoms with Gasteiger partial charge in [0, 0.05) is 16.9 Å². The summed E-state index contributed by atoms with van der Waals surface area (Å²) >= 11 is 5.98. The molecule has 40 heavy (non-hydrogen) atoms. The number of halogens is 1. The molecule has 0 unspecified atom stereocenters. The Labute approximate surface area is 236 Å². The van der Waals surface area contributed by atoms with Crippen LogP contribution in [0.5, 0.6) is 28.7 Å². The first kappa shape index (κ1) is 26.5. The smallest absolute Gasteiger partial charge is 0.310 e. The number of benzene rings is 3. The third kappa shape index (κ3) is 4.29. The normalized spacial score (nSPS) is 22.8. The van der Waals surface area contributed by atoms with Gasteiger partial charge in [-0.05, 0) is 65.2 Å². The van der Waals surface area contributed by atoms with Crippen molar-refractivity contribution < 1.29 is 41.6 Å². The molecule has 0 radical (unpaired) electrons. The number of rotatable bonds is 7. The maximum Gasteiger partial charge on any atom is 0.310 e. The van der Waals surface area contributed by atoms with E-state index in [2.05, 4.69) is 4.72 Å². The van der Waals surface area contributed by atoms with Crippen LogP contribution >= 0.6 is 11.6 Å². The molecule has 2 heterocycles. The van der Waals surface area contributed by atoms with Crippen LogP contribution in [0.15, 0.2) is 53.4 Å². The molecule has 6 rings (SSSR count). The summed E-state index contributed by atoms with van der Waals surface area (Å²) in [6, 6.07) is 12.3. The van der Waals surface area contributed by atoms with Gasteiger partial charge in [-0.25, -0.2) is 13.1 Å². The summed E-state index contributed by atoms with van der Waals surface area (Å²) in [7, 11) is 0.538. The van der Waals surface area contributed by atoms with Gasteiger partial charge in [0.05, 0.1) is 44.8 Å². The van der Waals surface area contributed by atoms with E-state index in [9.17, 15) is 13.2 Å². The van der Waals surface area contributed by atoms with Crippen LogP contribution in [0.3, 0.4) is 0 Å². The maximum atomic E-state index is 13.5. The minimum Gasteiger partial charge on any atom is -0.493 e. The molecule has 0 amide bonds. The zero-order chi connectivity index (χ0) is 28.2. The molecular formula is C28H26ClNO9S. The van der Waals surface area contributed by atoms with Crippen molar-refractivity contribution in [3.8, 4) is 28.7 Å². The highest BCUT2D eigenvalue weighted by Gasteiger charge is 2.53. The van der Waals surface area contributed by atoms with E-state index in [1.54, 1.807) is 24.3 Å². The summed E-state index contributed by atoms with van der Waals surface area (Å²) in [5.74, 6) is 0.0503. The van der Waals surface area contributed by atoms with Crippen LogP contribution in [0, 0.1) is 11.8 Å². The number of esters is 1. The summed E-state index contributed by atoms with van der Waals surface area (Å²) in [4.78, 5) is 13.4. The van der Waals surface area contributed by atoms with Crippen molar-refractivity contribution in [3.05, 3.63) is 70.2 Å². The van der Waals surface area contributed by atoms with Crippen LogP contribution in [-0.2, 0) is 19.6 Å². The Morgan fingerprint density at radius 3 is 2.10 bits per heavy atom. The van der Waals surface area contributed by atoms with Gasteiger partial charge in [-0.2, -0.15) is 0 Å². The first-order valence-corrected chi connectivity index (χ1v) is 14.3. The van der Waals surface area contributed by atoms with Crippen molar-refractivity contribution in [2.75, 3.05) is 34.7 Å². The Hall–Kier alpha value is -3.67. The lowest BCUT2D eigenvalue weighted by molar-refractivity contribution is -0.141. The first-order valence-electron chi connectivity index (χ1n) is 12.4. The number of methoxy groups -OCH3 is 3. The number of fused-ring (bicyclic) bond motifs is 3. The quantitative estimate of drug-likeness (QED) is 0.408. The Balaban J connectivity index is 1.54. The van der Waals surface area contributed by atoms with Gasteiger partial charge < -0.3 is 28.4 Å². The summed E-state index contributed by atoms with van der Waals surface area (Å²) < 4.78 is 63.5. The number of sulfonamides is 1. The average molecular weight is 588 g/mol.